The Morgan fingerprint density at radius 1 is 1.08 bits per heavy atom. The quantitative estimate of drug-likeness (QED) is 0.576. The van der Waals surface area contributed by atoms with E-state index in [9.17, 15) is 4.79 Å². The molecule has 0 heterocycles. The average molecular weight is 166 g/mol. The molecule has 0 aromatic carbocycles. The van der Waals surface area contributed by atoms with Gasteiger partial charge < -0.3 is 0 Å². The molecule has 0 unspecified atom stereocenters. The second-order valence-electron chi connectivity index (χ2n) is 4.01. The largest absolute Gasteiger partial charge is 0.300 e. The molecular weight excluding hydrogens is 148 g/mol. The molecule has 1 saturated carbocycles. The van der Waals surface area contributed by atoms with Crippen LogP contribution in [-0.2, 0) is 4.79 Å². The predicted octanol–water partition coefficient (Wildman–Crippen LogP) is 2.96. The highest BCUT2D eigenvalue weighted by atomic mass is 16.1. The zero-order valence-electron chi connectivity index (χ0n) is 8.10. The van der Waals surface area contributed by atoms with E-state index in [1.54, 1.807) is 6.92 Å². The topological polar surface area (TPSA) is 17.1 Å². The molecule has 1 fully saturated rings. The second-order valence-corrected chi connectivity index (χ2v) is 4.01. The minimum absolute atomic E-state index is 0.348. The van der Waals surface area contributed by atoms with E-state index >= 15 is 0 Å². The number of hydrogen-bond acceptors (Lipinski definition) is 1. The molecule has 1 rings (SSSR count). The van der Waals surface area contributed by atoms with Gasteiger partial charge in [0.2, 0.25) is 0 Å². The maximum absolute atomic E-state index is 11.1. The Labute approximate surface area is 74.9 Å². The smallest absolute Gasteiger partial charge is 0.132 e. The van der Waals surface area contributed by atoms with Crippen molar-refractivity contribution in [3.05, 3.63) is 12.2 Å². The van der Waals surface area contributed by atoms with Crippen LogP contribution >= 0.6 is 0 Å². The van der Waals surface area contributed by atoms with Crippen molar-refractivity contribution in [2.75, 3.05) is 0 Å². The first-order valence-corrected chi connectivity index (χ1v) is 4.77. The average Bonchev–Trinajstić information content (AvgIpc) is 2.04. The van der Waals surface area contributed by atoms with Crippen molar-refractivity contribution in [2.24, 2.45) is 11.8 Å². The lowest BCUT2D eigenvalue weighted by Crippen LogP contribution is -2.20. The third-order valence-corrected chi connectivity index (χ3v) is 3.00. The van der Waals surface area contributed by atoms with Crippen LogP contribution in [0.2, 0.25) is 0 Å². The lowest BCUT2D eigenvalue weighted by molar-refractivity contribution is -0.121. The van der Waals surface area contributed by atoms with Gasteiger partial charge in [0, 0.05) is 5.92 Å². The summed E-state index contributed by atoms with van der Waals surface area (Å²) >= 11 is 0. The first-order valence-electron chi connectivity index (χ1n) is 4.77. The molecule has 0 aromatic rings. The molecule has 0 radical (unpaired) electrons. The summed E-state index contributed by atoms with van der Waals surface area (Å²) in [5.41, 5.74) is 1.29. The van der Waals surface area contributed by atoms with Gasteiger partial charge in [-0.1, -0.05) is 12.2 Å². The molecular formula is C11H18O. The third-order valence-electron chi connectivity index (χ3n) is 3.00. The van der Waals surface area contributed by atoms with E-state index in [-0.39, 0.29) is 0 Å². The number of rotatable bonds is 2. The molecule has 0 aliphatic heterocycles. The van der Waals surface area contributed by atoms with Crippen molar-refractivity contribution in [3.63, 3.8) is 0 Å². The molecule has 0 N–H and O–H groups in total. The fourth-order valence-corrected chi connectivity index (χ4v) is 1.99. The van der Waals surface area contributed by atoms with Gasteiger partial charge in [-0.25, -0.2) is 0 Å². The van der Waals surface area contributed by atoms with Gasteiger partial charge in [0.1, 0.15) is 5.78 Å². The summed E-state index contributed by atoms with van der Waals surface area (Å²) in [6.45, 7) is 7.77. The van der Waals surface area contributed by atoms with Gasteiger partial charge in [-0.3, -0.25) is 4.79 Å². The van der Waals surface area contributed by atoms with Crippen LogP contribution in [0, 0.1) is 11.8 Å². The summed E-state index contributed by atoms with van der Waals surface area (Å²) in [4.78, 5) is 11.1. The molecule has 0 spiro atoms. The Hall–Kier alpha value is -0.590. The molecule has 1 aliphatic carbocycles. The van der Waals surface area contributed by atoms with Gasteiger partial charge in [-0.2, -0.15) is 0 Å². The molecule has 0 bridgehead atoms. The summed E-state index contributed by atoms with van der Waals surface area (Å²) in [7, 11) is 0. The molecule has 1 nitrogen and oxygen atoms in total. The van der Waals surface area contributed by atoms with E-state index < -0.39 is 0 Å². The van der Waals surface area contributed by atoms with Gasteiger partial charge in [0.15, 0.2) is 0 Å². The van der Waals surface area contributed by atoms with Gasteiger partial charge in [-0.15, -0.1) is 0 Å². The molecule has 68 valence electrons. The van der Waals surface area contributed by atoms with E-state index in [4.69, 9.17) is 0 Å². The van der Waals surface area contributed by atoms with Crippen LogP contribution in [0.3, 0.4) is 0 Å². The van der Waals surface area contributed by atoms with E-state index in [0.717, 1.165) is 12.8 Å². The fraction of sp³-hybridized carbons (Fsp3) is 0.727. The summed E-state index contributed by atoms with van der Waals surface area (Å²) in [5.74, 6) is 1.40. The highest BCUT2D eigenvalue weighted by Gasteiger charge is 2.23. The number of carbonyl (C=O) groups excluding carboxylic acids is 1. The number of carbonyl (C=O) groups is 1. The van der Waals surface area contributed by atoms with Gasteiger partial charge in [0.05, 0.1) is 0 Å². The molecule has 1 heteroatoms. The van der Waals surface area contributed by atoms with Gasteiger partial charge in [0.25, 0.3) is 0 Å². The standard InChI is InChI=1S/C11H18O/c1-8(2)10-4-6-11(7-5-10)9(3)12/h10-11H,1,4-7H2,2-3H3/t10-,11-. The zero-order valence-corrected chi connectivity index (χ0v) is 8.10. The fourth-order valence-electron chi connectivity index (χ4n) is 1.99. The molecule has 12 heavy (non-hydrogen) atoms. The monoisotopic (exact) mass is 166 g/mol. The Kier molecular flexibility index (Phi) is 3.07. The van der Waals surface area contributed by atoms with E-state index in [0.29, 0.717) is 17.6 Å². The lowest BCUT2D eigenvalue weighted by atomic mass is 9.78. The van der Waals surface area contributed by atoms with E-state index in [1.807, 2.05) is 0 Å². The minimum atomic E-state index is 0.348. The Bertz CT molecular complexity index is 163. The summed E-state index contributed by atoms with van der Waals surface area (Å²) in [5, 5.41) is 0. The summed E-state index contributed by atoms with van der Waals surface area (Å²) < 4.78 is 0. The van der Waals surface area contributed by atoms with Gasteiger partial charge in [-0.05, 0) is 45.4 Å². The van der Waals surface area contributed by atoms with Crippen molar-refractivity contribution >= 4 is 5.78 Å². The van der Waals surface area contributed by atoms with Crippen LogP contribution in [0.5, 0.6) is 0 Å². The van der Waals surface area contributed by atoms with Crippen LogP contribution in [-0.4, -0.2) is 5.78 Å². The van der Waals surface area contributed by atoms with Crippen LogP contribution < -0.4 is 0 Å². The highest BCUT2D eigenvalue weighted by Crippen LogP contribution is 2.32. The van der Waals surface area contributed by atoms with E-state index in [1.165, 1.54) is 18.4 Å². The van der Waals surface area contributed by atoms with Crippen LogP contribution in [0.15, 0.2) is 12.2 Å². The Morgan fingerprint density at radius 2 is 1.50 bits per heavy atom. The highest BCUT2D eigenvalue weighted by molar-refractivity contribution is 5.78. The molecule has 0 aromatic heterocycles. The summed E-state index contributed by atoms with van der Waals surface area (Å²) in [6, 6.07) is 0. The maximum Gasteiger partial charge on any atom is 0.132 e. The molecule has 0 amide bonds. The zero-order chi connectivity index (χ0) is 9.14. The van der Waals surface area contributed by atoms with Crippen LogP contribution in [0.4, 0.5) is 0 Å². The number of allylic oxidation sites excluding steroid dienone is 1. The lowest BCUT2D eigenvalue weighted by Gasteiger charge is -2.27. The van der Waals surface area contributed by atoms with Crippen molar-refractivity contribution in [1.82, 2.24) is 0 Å². The maximum atomic E-state index is 11.1. The normalized spacial score (nSPS) is 29.8. The van der Waals surface area contributed by atoms with Crippen LogP contribution in [0.25, 0.3) is 0 Å². The Balaban J connectivity index is 2.39. The SMILES string of the molecule is C=C(C)[C@H]1CC[C@H](C(C)=O)CC1. The Morgan fingerprint density at radius 3 is 1.83 bits per heavy atom. The van der Waals surface area contributed by atoms with Crippen molar-refractivity contribution < 1.29 is 4.79 Å². The first-order chi connectivity index (χ1) is 5.61. The molecule has 0 atom stereocenters. The van der Waals surface area contributed by atoms with Crippen LogP contribution in [0.1, 0.15) is 39.5 Å². The second kappa shape index (κ2) is 3.88. The van der Waals surface area contributed by atoms with Crippen molar-refractivity contribution in [3.8, 4) is 0 Å². The summed E-state index contributed by atoms with van der Waals surface area (Å²) in [6.07, 6.45) is 4.48. The molecule has 0 saturated heterocycles. The minimum Gasteiger partial charge on any atom is -0.300 e. The first kappa shape index (κ1) is 9.50. The number of Topliss-reactive ketones (excluding diaryl/α,β-unsaturated/α-hetero) is 1. The van der Waals surface area contributed by atoms with E-state index in [2.05, 4.69) is 13.5 Å². The van der Waals surface area contributed by atoms with Crippen molar-refractivity contribution in [2.45, 2.75) is 39.5 Å². The molecule has 1 aliphatic rings. The number of ketones is 1. The predicted molar refractivity (Wildman–Crippen MR) is 50.9 cm³/mol. The third kappa shape index (κ3) is 2.20. The van der Waals surface area contributed by atoms with Gasteiger partial charge >= 0.3 is 0 Å². The number of hydrogen-bond donors (Lipinski definition) is 0. The van der Waals surface area contributed by atoms with Crippen molar-refractivity contribution in [1.29, 1.82) is 0 Å².